The second kappa shape index (κ2) is 9.05. The molecule has 1 aliphatic rings. The topological polar surface area (TPSA) is 74.6 Å². The van der Waals surface area contributed by atoms with Crippen molar-refractivity contribution >= 4 is 28.7 Å². The van der Waals surface area contributed by atoms with Crippen molar-refractivity contribution in [3.05, 3.63) is 36.0 Å². The zero-order chi connectivity index (χ0) is 19.2. The van der Waals surface area contributed by atoms with Gasteiger partial charge in [-0.1, -0.05) is 0 Å². The number of ether oxygens (including phenoxy) is 1. The van der Waals surface area contributed by atoms with Gasteiger partial charge in [-0.3, -0.25) is 0 Å². The molecule has 2 aromatic rings. The predicted octanol–water partition coefficient (Wildman–Crippen LogP) is 2.98. The summed E-state index contributed by atoms with van der Waals surface area (Å²) in [6.07, 6.45) is 3.91. The highest BCUT2D eigenvalue weighted by Crippen LogP contribution is 2.28. The predicted molar refractivity (Wildman–Crippen MR) is 111 cm³/mol. The van der Waals surface area contributed by atoms with Crippen molar-refractivity contribution in [2.45, 2.75) is 32.4 Å². The van der Waals surface area contributed by atoms with Crippen molar-refractivity contribution in [1.29, 1.82) is 0 Å². The second-order valence-corrected chi connectivity index (χ2v) is 7.19. The molecule has 2 heterocycles. The molecule has 146 valence electrons. The molecule has 0 radical (unpaired) electrons. The maximum Gasteiger partial charge on any atom is 0.191 e. The molecule has 0 amide bonds. The summed E-state index contributed by atoms with van der Waals surface area (Å²) in [7, 11) is 3.80. The Kier molecular flexibility index (Phi) is 6.52. The number of aromatic nitrogens is 1. The molecule has 1 aromatic carbocycles. The molecule has 7 nitrogen and oxygen atoms in total. The summed E-state index contributed by atoms with van der Waals surface area (Å²) in [6.45, 7) is 4.53. The van der Waals surface area contributed by atoms with Gasteiger partial charge in [0.15, 0.2) is 11.0 Å². The van der Waals surface area contributed by atoms with Crippen LogP contribution < -0.4 is 20.7 Å². The molecule has 0 spiro atoms. The van der Waals surface area contributed by atoms with Crippen LogP contribution in [-0.2, 0) is 6.54 Å². The number of nitrogens with one attached hydrogen (secondary N) is 3. The first-order chi connectivity index (χ1) is 13.0. The normalized spacial score (nSPS) is 15.4. The van der Waals surface area contributed by atoms with Gasteiger partial charge in [0.05, 0.1) is 31.2 Å². The van der Waals surface area contributed by atoms with Crippen molar-refractivity contribution < 1.29 is 9.15 Å². The summed E-state index contributed by atoms with van der Waals surface area (Å²) < 4.78 is 10.9. The maximum atomic E-state index is 5.52. The number of hydrogen-bond donors (Lipinski definition) is 3. The number of hydrogen-bond acceptors (Lipinski definition) is 6. The molecule has 1 fully saturated rings. The average Bonchev–Trinajstić information content (AvgIpc) is 3.08. The Bertz CT molecular complexity index is 771. The van der Waals surface area contributed by atoms with Gasteiger partial charge in [-0.25, -0.2) is 4.98 Å². The van der Waals surface area contributed by atoms with Crippen LogP contribution in [0.2, 0.25) is 0 Å². The van der Waals surface area contributed by atoms with Crippen molar-refractivity contribution in [2.24, 2.45) is 0 Å². The average molecular weight is 390 g/mol. The van der Waals surface area contributed by atoms with Crippen LogP contribution in [0.25, 0.3) is 0 Å². The van der Waals surface area contributed by atoms with E-state index < -0.39 is 0 Å². The number of anilines is 2. The fourth-order valence-corrected chi connectivity index (χ4v) is 3.35. The Morgan fingerprint density at radius 2 is 2.11 bits per heavy atom. The minimum absolute atomic E-state index is 0.410. The van der Waals surface area contributed by atoms with E-state index in [0.717, 1.165) is 48.8 Å². The molecule has 0 atom stereocenters. The molecule has 1 aromatic heterocycles. The zero-order valence-corrected chi connectivity index (χ0v) is 16.9. The van der Waals surface area contributed by atoms with Crippen molar-refractivity contribution in [2.75, 3.05) is 37.9 Å². The van der Waals surface area contributed by atoms with E-state index in [9.17, 15) is 0 Å². The van der Waals surface area contributed by atoms with E-state index in [2.05, 4.69) is 32.9 Å². The number of oxazole rings is 1. The highest BCUT2D eigenvalue weighted by Gasteiger charge is 2.17. The smallest absolute Gasteiger partial charge is 0.191 e. The first kappa shape index (κ1) is 19.4. The molecule has 0 bridgehead atoms. The Hall–Kier alpha value is -2.32. The third kappa shape index (κ3) is 5.58. The zero-order valence-electron chi connectivity index (χ0n) is 16.0. The first-order valence-corrected chi connectivity index (χ1v) is 9.53. The summed E-state index contributed by atoms with van der Waals surface area (Å²) in [4.78, 5) is 6.46. The minimum atomic E-state index is 0.410. The number of methoxy groups -OCH3 is 1. The Labute approximate surface area is 165 Å². The summed E-state index contributed by atoms with van der Waals surface area (Å²) in [5, 5.41) is 10.7. The van der Waals surface area contributed by atoms with Crippen LogP contribution in [-0.4, -0.2) is 48.3 Å². The third-order valence-corrected chi connectivity index (χ3v) is 4.87. The number of rotatable bonds is 6. The van der Waals surface area contributed by atoms with Crippen molar-refractivity contribution in [1.82, 2.24) is 15.2 Å². The number of thiocarbonyl (C=S) groups is 1. The summed E-state index contributed by atoms with van der Waals surface area (Å²) >= 11 is 5.52. The summed E-state index contributed by atoms with van der Waals surface area (Å²) in [5.74, 6) is 2.19. The molecule has 3 rings (SSSR count). The Morgan fingerprint density at radius 1 is 1.33 bits per heavy atom. The number of aryl methyl sites for hydroxylation is 1. The number of nitrogens with zero attached hydrogens (tertiary/aromatic N) is 2. The van der Waals surface area contributed by atoms with Gasteiger partial charge in [0.25, 0.3) is 0 Å². The standard InChI is InChI=1S/C19H27N5O2S/c1-13-20-11-16(26-13)12-21-18-10-15(25-3)4-5-17(18)23-19(27)22-14-6-8-24(2)9-7-14/h4-5,10-11,14,21H,6-9,12H2,1-3H3,(H2,22,23,27). The number of piperidine rings is 1. The lowest BCUT2D eigenvalue weighted by atomic mass is 10.1. The highest BCUT2D eigenvalue weighted by atomic mass is 32.1. The van der Waals surface area contributed by atoms with Crippen LogP contribution >= 0.6 is 12.2 Å². The van der Waals surface area contributed by atoms with E-state index in [1.807, 2.05) is 25.1 Å². The Morgan fingerprint density at radius 3 is 2.78 bits per heavy atom. The van der Waals surface area contributed by atoms with Crippen LogP contribution in [0.5, 0.6) is 5.75 Å². The molecule has 1 aliphatic heterocycles. The van der Waals surface area contributed by atoms with Gasteiger partial charge in [-0.05, 0) is 57.3 Å². The van der Waals surface area contributed by atoms with Crippen LogP contribution in [0, 0.1) is 6.92 Å². The van der Waals surface area contributed by atoms with Crippen LogP contribution in [0.1, 0.15) is 24.5 Å². The van der Waals surface area contributed by atoms with Crippen LogP contribution in [0.15, 0.2) is 28.8 Å². The molecule has 8 heteroatoms. The summed E-state index contributed by atoms with van der Waals surface area (Å²) in [6, 6.07) is 6.21. The summed E-state index contributed by atoms with van der Waals surface area (Å²) in [5.41, 5.74) is 1.77. The quantitative estimate of drug-likeness (QED) is 0.651. The first-order valence-electron chi connectivity index (χ1n) is 9.13. The van der Waals surface area contributed by atoms with Gasteiger partial charge < -0.3 is 30.0 Å². The van der Waals surface area contributed by atoms with Gasteiger partial charge in [0.2, 0.25) is 0 Å². The van der Waals surface area contributed by atoms with Crippen LogP contribution in [0.3, 0.4) is 0 Å². The molecule has 1 saturated heterocycles. The molecule has 0 unspecified atom stereocenters. The van der Waals surface area contributed by atoms with E-state index in [1.165, 1.54) is 0 Å². The Balaban J connectivity index is 1.63. The third-order valence-electron chi connectivity index (χ3n) is 4.65. The fraction of sp³-hybridized carbons (Fsp3) is 0.474. The van der Waals surface area contributed by atoms with Gasteiger partial charge in [0, 0.05) is 19.0 Å². The van der Waals surface area contributed by atoms with Gasteiger partial charge in [0.1, 0.15) is 11.5 Å². The number of likely N-dealkylation sites (tertiary alicyclic amines) is 1. The lowest BCUT2D eigenvalue weighted by Gasteiger charge is -2.30. The van der Waals surface area contributed by atoms with E-state index in [1.54, 1.807) is 13.3 Å². The molecule has 27 heavy (non-hydrogen) atoms. The lowest BCUT2D eigenvalue weighted by molar-refractivity contribution is 0.247. The van der Waals surface area contributed by atoms with Crippen LogP contribution in [0.4, 0.5) is 11.4 Å². The van der Waals surface area contributed by atoms with Gasteiger partial charge in [-0.15, -0.1) is 0 Å². The molecular weight excluding hydrogens is 362 g/mol. The fourth-order valence-electron chi connectivity index (χ4n) is 3.07. The van der Waals surface area contributed by atoms with E-state index in [4.69, 9.17) is 21.4 Å². The van der Waals surface area contributed by atoms with E-state index in [0.29, 0.717) is 23.6 Å². The van der Waals surface area contributed by atoms with E-state index in [-0.39, 0.29) is 0 Å². The molecule has 3 N–H and O–H groups in total. The van der Waals surface area contributed by atoms with Gasteiger partial charge in [-0.2, -0.15) is 0 Å². The maximum absolute atomic E-state index is 5.52. The van der Waals surface area contributed by atoms with Crippen molar-refractivity contribution in [3.8, 4) is 5.75 Å². The minimum Gasteiger partial charge on any atom is -0.497 e. The number of benzene rings is 1. The molecular formula is C19H27N5O2S. The SMILES string of the molecule is COc1ccc(NC(=S)NC2CCN(C)CC2)c(NCc2cnc(C)o2)c1. The van der Waals surface area contributed by atoms with Gasteiger partial charge >= 0.3 is 0 Å². The van der Waals surface area contributed by atoms with E-state index >= 15 is 0 Å². The monoisotopic (exact) mass is 389 g/mol. The highest BCUT2D eigenvalue weighted by molar-refractivity contribution is 7.80. The molecule has 0 aliphatic carbocycles. The molecule has 0 saturated carbocycles. The van der Waals surface area contributed by atoms with Crippen molar-refractivity contribution in [3.63, 3.8) is 0 Å². The second-order valence-electron chi connectivity index (χ2n) is 6.79. The largest absolute Gasteiger partial charge is 0.497 e. The lowest BCUT2D eigenvalue weighted by Crippen LogP contribution is -2.44.